The number of alkyl halides is 3. The normalized spacial score (nSPS) is 12.1. The van der Waals surface area contributed by atoms with Crippen molar-refractivity contribution in [1.29, 1.82) is 5.26 Å². The van der Waals surface area contributed by atoms with Gasteiger partial charge < -0.3 is 10.1 Å². The molecule has 1 N–H and O–H groups in total. The number of nitrogens with zero attached hydrogens (tertiary/aromatic N) is 1. The van der Waals surface area contributed by atoms with Crippen LogP contribution in [-0.2, 0) is 11.2 Å². The van der Waals surface area contributed by atoms with E-state index >= 15 is 0 Å². The first-order valence-electron chi connectivity index (χ1n) is 7.91. The first-order valence-corrected chi connectivity index (χ1v) is 7.91. The summed E-state index contributed by atoms with van der Waals surface area (Å²) in [6.45, 7) is 1.75. The maximum absolute atomic E-state index is 12.1. The smallest absolute Gasteiger partial charge is 0.406 e. The van der Waals surface area contributed by atoms with Crippen LogP contribution >= 0.6 is 0 Å². The van der Waals surface area contributed by atoms with Crippen molar-refractivity contribution in [2.24, 2.45) is 0 Å². The van der Waals surface area contributed by atoms with Gasteiger partial charge in [-0.25, -0.2) is 0 Å². The van der Waals surface area contributed by atoms with E-state index in [-0.39, 0.29) is 24.1 Å². The monoisotopic (exact) mass is 362 g/mol. The van der Waals surface area contributed by atoms with Gasteiger partial charge in [0.15, 0.2) is 0 Å². The fourth-order valence-corrected chi connectivity index (χ4v) is 2.36. The summed E-state index contributed by atoms with van der Waals surface area (Å²) in [4.78, 5) is 12.0. The molecule has 0 aliphatic rings. The number of nitrogens with one attached hydrogen (secondary N) is 1. The molecule has 0 radical (unpaired) electrons. The number of carbonyl (C=O) groups is 1. The zero-order valence-corrected chi connectivity index (χ0v) is 14.0. The van der Waals surface area contributed by atoms with E-state index in [1.807, 2.05) is 6.07 Å². The van der Waals surface area contributed by atoms with Crippen molar-refractivity contribution in [3.05, 3.63) is 65.2 Å². The third kappa shape index (κ3) is 6.13. The molecule has 1 atom stereocenters. The fourth-order valence-electron chi connectivity index (χ4n) is 2.36. The second kappa shape index (κ2) is 8.39. The molecule has 0 unspecified atom stereocenters. The number of ether oxygens (including phenoxy) is 1. The molecule has 0 saturated carbocycles. The molecule has 136 valence electrons. The van der Waals surface area contributed by atoms with E-state index in [2.05, 4.69) is 10.1 Å². The van der Waals surface area contributed by atoms with Crippen molar-refractivity contribution < 1.29 is 22.7 Å². The molecule has 0 aliphatic heterocycles. The second-order valence-corrected chi connectivity index (χ2v) is 5.71. The minimum atomic E-state index is -4.73. The number of benzene rings is 2. The van der Waals surface area contributed by atoms with E-state index in [1.165, 1.54) is 24.3 Å². The Kier molecular flexibility index (Phi) is 6.23. The standard InChI is InChI=1S/C19H17F3N2O2/c1-13(16-7-9-17(10-8-16)26-19(20,21)22)24-18(25)11-6-14-2-4-15(12-23)5-3-14/h2-5,7-10,13H,6,11H2,1H3,(H,24,25)/t13-/m1/s1. The molecule has 1 amide bonds. The SMILES string of the molecule is C[C@@H](NC(=O)CCc1ccc(C#N)cc1)c1ccc(OC(F)(F)F)cc1. The lowest BCUT2D eigenvalue weighted by atomic mass is 10.1. The van der Waals surface area contributed by atoms with Crippen LogP contribution in [0.5, 0.6) is 5.75 Å². The molecule has 0 spiro atoms. The van der Waals surface area contributed by atoms with Gasteiger partial charge in [-0.2, -0.15) is 5.26 Å². The summed E-state index contributed by atoms with van der Waals surface area (Å²) >= 11 is 0. The number of nitriles is 1. The van der Waals surface area contributed by atoms with Crippen LogP contribution in [0.15, 0.2) is 48.5 Å². The quantitative estimate of drug-likeness (QED) is 0.835. The third-order valence-corrected chi connectivity index (χ3v) is 3.71. The molecule has 0 bridgehead atoms. The molecular weight excluding hydrogens is 345 g/mol. The predicted molar refractivity (Wildman–Crippen MR) is 89.2 cm³/mol. The van der Waals surface area contributed by atoms with Gasteiger partial charge in [0.1, 0.15) is 5.75 Å². The highest BCUT2D eigenvalue weighted by molar-refractivity contribution is 5.76. The second-order valence-electron chi connectivity index (χ2n) is 5.71. The average molecular weight is 362 g/mol. The van der Waals surface area contributed by atoms with Gasteiger partial charge in [-0.05, 0) is 48.7 Å². The summed E-state index contributed by atoms with van der Waals surface area (Å²) in [5.41, 5.74) is 2.18. The van der Waals surface area contributed by atoms with Crippen molar-refractivity contribution in [2.75, 3.05) is 0 Å². The number of halogens is 3. The highest BCUT2D eigenvalue weighted by Gasteiger charge is 2.31. The van der Waals surface area contributed by atoms with Gasteiger partial charge in [0.25, 0.3) is 0 Å². The Bertz CT molecular complexity index is 778. The molecule has 4 nitrogen and oxygen atoms in total. The summed E-state index contributed by atoms with van der Waals surface area (Å²) in [6.07, 6.45) is -3.93. The van der Waals surface area contributed by atoms with Crippen molar-refractivity contribution in [3.8, 4) is 11.8 Å². The van der Waals surface area contributed by atoms with E-state index in [0.717, 1.165) is 5.56 Å². The zero-order chi connectivity index (χ0) is 19.2. The van der Waals surface area contributed by atoms with Crippen molar-refractivity contribution >= 4 is 5.91 Å². The first-order chi connectivity index (χ1) is 12.3. The van der Waals surface area contributed by atoms with E-state index in [9.17, 15) is 18.0 Å². The summed E-state index contributed by atoms with van der Waals surface area (Å²) in [5.74, 6) is -0.474. The van der Waals surface area contributed by atoms with E-state index in [1.54, 1.807) is 31.2 Å². The molecule has 0 saturated heterocycles. The van der Waals surface area contributed by atoms with Gasteiger partial charge in [-0.3, -0.25) is 4.79 Å². The Balaban J connectivity index is 1.85. The van der Waals surface area contributed by atoms with Crippen LogP contribution in [0.2, 0.25) is 0 Å². The van der Waals surface area contributed by atoms with Crippen molar-refractivity contribution in [2.45, 2.75) is 32.2 Å². The molecule has 0 heterocycles. The van der Waals surface area contributed by atoms with Crippen LogP contribution in [0.25, 0.3) is 0 Å². The van der Waals surface area contributed by atoms with Crippen LogP contribution in [0, 0.1) is 11.3 Å². The molecule has 2 aromatic carbocycles. The fraction of sp³-hybridized carbons (Fsp3) is 0.263. The largest absolute Gasteiger partial charge is 0.573 e. The lowest BCUT2D eigenvalue weighted by Gasteiger charge is -2.15. The summed E-state index contributed by atoms with van der Waals surface area (Å²) in [6, 6.07) is 14.1. The minimum Gasteiger partial charge on any atom is -0.406 e. The molecule has 2 aromatic rings. The lowest BCUT2D eigenvalue weighted by molar-refractivity contribution is -0.274. The Morgan fingerprint density at radius 3 is 2.31 bits per heavy atom. The van der Waals surface area contributed by atoms with Gasteiger partial charge in [0, 0.05) is 6.42 Å². The molecular formula is C19H17F3N2O2. The van der Waals surface area contributed by atoms with E-state index in [4.69, 9.17) is 5.26 Å². The maximum atomic E-state index is 12.1. The van der Waals surface area contributed by atoms with Gasteiger partial charge in [-0.1, -0.05) is 24.3 Å². The van der Waals surface area contributed by atoms with Crippen LogP contribution in [0.1, 0.15) is 36.1 Å². The van der Waals surface area contributed by atoms with Gasteiger partial charge in [-0.15, -0.1) is 13.2 Å². The Morgan fingerprint density at radius 2 is 1.77 bits per heavy atom. The van der Waals surface area contributed by atoms with Crippen LogP contribution in [-0.4, -0.2) is 12.3 Å². The summed E-state index contributed by atoms with van der Waals surface area (Å²) in [7, 11) is 0. The predicted octanol–water partition coefficient (Wildman–Crippen LogP) is 4.27. The highest BCUT2D eigenvalue weighted by atomic mass is 19.4. The van der Waals surface area contributed by atoms with E-state index < -0.39 is 6.36 Å². The van der Waals surface area contributed by atoms with Crippen LogP contribution in [0.4, 0.5) is 13.2 Å². The van der Waals surface area contributed by atoms with Crippen LogP contribution in [0.3, 0.4) is 0 Å². The lowest BCUT2D eigenvalue weighted by Crippen LogP contribution is -2.26. The average Bonchev–Trinajstić information content (AvgIpc) is 2.59. The molecule has 0 fully saturated rings. The van der Waals surface area contributed by atoms with Gasteiger partial charge in [0.05, 0.1) is 17.7 Å². The van der Waals surface area contributed by atoms with E-state index in [0.29, 0.717) is 17.5 Å². The number of carbonyl (C=O) groups excluding carboxylic acids is 1. The maximum Gasteiger partial charge on any atom is 0.573 e. The number of hydrogen-bond donors (Lipinski definition) is 1. The molecule has 2 rings (SSSR count). The number of aryl methyl sites for hydroxylation is 1. The van der Waals surface area contributed by atoms with Crippen LogP contribution < -0.4 is 10.1 Å². The van der Waals surface area contributed by atoms with Gasteiger partial charge >= 0.3 is 6.36 Å². The Morgan fingerprint density at radius 1 is 1.15 bits per heavy atom. The summed E-state index contributed by atoms with van der Waals surface area (Å²) in [5, 5.41) is 11.6. The topological polar surface area (TPSA) is 62.1 Å². The third-order valence-electron chi connectivity index (χ3n) is 3.71. The summed E-state index contributed by atoms with van der Waals surface area (Å²) < 4.78 is 40.2. The Labute approximate surface area is 149 Å². The molecule has 0 aliphatic carbocycles. The number of amides is 1. The molecule has 26 heavy (non-hydrogen) atoms. The highest BCUT2D eigenvalue weighted by Crippen LogP contribution is 2.24. The number of rotatable bonds is 6. The zero-order valence-electron chi connectivity index (χ0n) is 14.0. The van der Waals surface area contributed by atoms with Crippen molar-refractivity contribution in [1.82, 2.24) is 5.32 Å². The molecule has 0 aromatic heterocycles. The van der Waals surface area contributed by atoms with Gasteiger partial charge in [0.2, 0.25) is 5.91 Å². The first kappa shape index (κ1) is 19.3. The molecule has 7 heteroatoms. The van der Waals surface area contributed by atoms with Crippen molar-refractivity contribution in [3.63, 3.8) is 0 Å². The Hall–Kier alpha value is -3.01. The minimum absolute atomic E-state index is 0.169. The number of hydrogen-bond acceptors (Lipinski definition) is 3.